The molecule has 1 aromatic heterocycles. The number of imidazole rings is 1. The maximum Gasteiger partial charge on any atom is 0.274 e. The summed E-state index contributed by atoms with van der Waals surface area (Å²) >= 11 is 0. The van der Waals surface area contributed by atoms with Crippen molar-refractivity contribution in [2.24, 2.45) is 0 Å². The highest BCUT2D eigenvalue weighted by Crippen LogP contribution is 2.17. The summed E-state index contributed by atoms with van der Waals surface area (Å²) < 4.78 is 1.99. The van der Waals surface area contributed by atoms with E-state index in [2.05, 4.69) is 15.6 Å². The van der Waals surface area contributed by atoms with Gasteiger partial charge in [-0.05, 0) is 19.3 Å². The van der Waals surface area contributed by atoms with Gasteiger partial charge in [0.05, 0.1) is 11.3 Å². The zero-order valence-corrected chi connectivity index (χ0v) is 12.2. The van der Waals surface area contributed by atoms with Crippen molar-refractivity contribution in [3.63, 3.8) is 0 Å². The molecule has 0 bridgehead atoms. The second-order valence-corrected chi connectivity index (χ2v) is 5.39. The quantitative estimate of drug-likeness (QED) is 0.434. The highest BCUT2D eigenvalue weighted by Gasteiger charge is 2.15. The fourth-order valence-electron chi connectivity index (χ4n) is 2.61. The fraction of sp³-hybridized carbons (Fsp3) is 0.643. The van der Waals surface area contributed by atoms with Gasteiger partial charge in [-0.2, -0.15) is 0 Å². The van der Waals surface area contributed by atoms with Crippen LogP contribution in [0.2, 0.25) is 0 Å². The first-order valence-electron chi connectivity index (χ1n) is 7.55. The lowest BCUT2D eigenvalue weighted by Gasteiger charge is -2.24. The van der Waals surface area contributed by atoms with Gasteiger partial charge in [0.2, 0.25) is 0 Å². The van der Waals surface area contributed by atoms with Gasteiger partial charge in [-0.25, -0.2) is 4.98 Å². The van der Waals surface area contributed by atoms with E-state index in [9.17, 15) is 10.1 Å². The SMILES string of the molecule is O=[N+]([O-])/C=C(\NCCCn1ccnc1)NC1CCCCC1. The van der Waals surface area contributed by atoms with Crippen molar-refractivity contribution in [1.82, 2.24) is 20.2 Å². The topological polar surface area (TPSA) is 85.0 Å². The highest BCUT2D eigenvalue weighted by molar-refractivity contribution is 4.95. The monoisotopic (exact) mass is 293 g/mol. The first-order chi connectivity index (χ1) is 10.2. The Balaban J connectivity index is 1.74. The smallest absolute Gasteiger partial charge is 0.274 e. The van der Waals surface area contributed by atoms with Gasteiger partial charge in [-0.1, -0.05) is 19.3 Å². The molecule has 0 spiro atoms. The minimum absolute atomic E-state index is 0.353. The van der Waals surface area contributed by atoms with Crippen molar-refractivity contribution in [1.29, 1.82) is 0 Å². The Morgan fingerprint density at radius 1 is 1.43 bits per heavy atom. The first-order valence-corrected chi connectivity index (χ1v) is 7.55. The molecule has 116 valence electrons. The summed E-state index contributed by atoms with van der Waals surface area (Å²) in [6, 6.07) is 0.353. The maximum atomic E-state index is 10.7. The van der Waals surface area contributed by atoms with Crippen LogP contribution in [0.5, 0.6) is 0 Å². The average molecular weight is 293 g/mol. The van der Waals surface area contributed by atoms with Crippen molar-refractivity contribution >= 4 is 0 Å². The molecule has 0 aliphatic heterocycles. The van der Waals surface area contributed by atoms with Crippen LogP contribution in [0, 0.1) is 10.1 Å². The van der Waals surface area contributed by atoms with E-state index in [1.807, 2.05) is 10.8 Å². The van der Waals surface area contributed by atoms with E-state index in [-0.39, 0.29) is 0 Å². The largest absolute Gasteiger partial charge is 0.367 e. The standard InChI is InChI=1S/C14H23N5O2/c20-19(21)11-14(17-13-5-2-1-3-6-13)16-7-4-9-18-10-8-15-12-18/h8,10-13,16-17H,1-7,9H2/b14-11+. The van der Waals surface area contributed by atoms with Gasteiger partial charge in [0.25, 0.3) is 6.20 Å². The molecule has 2 rings (SSSR count). The third kappa shape index (κ3) is 5.85. The number of aromatic nitrogens is 2. The zero-order chi connectivity index (χ0) is 14.9. The molecule has 1 fully saturated rings. The Labute approximate surface area is 124 Å². The Morgan fingerprint density at radius 2 is 2.24 bits per heavy atom. The maximum absolute atomic E-state index is 10.7. The molecule has 7 nitrogen and oxygen atoms in total. The van der Waals surface area contributed by atoms with Crippen molar-refractivity contribution in [3.05, 3.63) is 40.9 Å². The van der Waals surface area contributed by atoms with E-state index in [1.165, 1.54) is 19.3 Å². The van der Waals surface area contributed by atoms with Crippen molar-refractivity contribution in [2.45, 2.75) is 51.1 Å². The lowest BCUT2D eigenvalue weighted by atomic mass is 9.95. The van der Waals surface area contributed by atoms with Gasteiger partial charge >= 0.3 is 0 Å². The lowest BCUT2D eigenvalue weighted by Crippen LogP contribution is -2.37. The van der Waals surface area contributed by atoms with Crippen molar-refractivity contribution in [3.8, 4) is 0 Å². The Hall–Kier alpha value is -2.05. The molecule has 0 radical (unpaired) electrons. The molecular weight excluding hydrogens is 270 g/mol. The molecule has 1 aromatic rings. The Kier molecular flexibility index (Phi) is 6.05. The van der Waals surface area contributed by atoms with Crippen LogP contribution in [-0.4, -0.2) is 27.1 Å². The molecule has 1 saturated carbocycles. The molecule has 2 N–H and O–H groups in total. The summed E-state index contributed by atoms with van der Waals surface area (Å²) in [5.74, 6) is 0.525. The summed E-state index contributed by atoms with van der Waals surface area (Å²) in [5, 5.41) is 17.1. The van der Waals surface area contributed by atoms with E-state index in [1.54, 1.807) is 12.5 Å². The molecule has 7 heteroatoms. The lowest BCUT2D eigenvalue weighted by molar-refractivity contribution is -0.404. The number of aryl methyl sites for hydroxylation is 1. The molecule has 21 heavy (non-hydrogen) atoms. The number of nitro groups is 1. The normalized spacial score (nSPS) is 16.7. The Morgan fingerprint density at radius 3 is 2.90 bits per heavy atom. The summed E-state index contributed by atoms with van der Waals surface area (Å²) in [6.07, 6.45) is 13.2. The number of hydrogen-bond acceptors (Lipinski definition) is 5. The average Bonchev–Trinajstić information content (AvgIpc) is 2.97. The predicted octanol–water partition coefficient (Wildman–Crippen LogP) is 1.86. The van der Waals surface area contributed by atoms with E-state index in [4.69, 9.17) is 0 Å². The second-order valence-electron chi connectivity index (χ2n) is 5.39. The van der Waals surface area contributed by atoms with Crippen LogP contribution in [0.25, 0.3) is 0 Å². The van der Waals surface area contributed by atoms with Crippen LogP contribution in [0.1, 0.15) is 38.5 Å². The molecule has 0 unspecified atom stereocenters. The second kappa shape index (κ2) is 8.28. The third-order valence-electron chi connectivity index (χ3n) is 3.67. The van der Waals surface area contributed by atoms with E-state index < -0.39 is 4.92 Å². The minimum atomic E-state index is -0.409. The molecule has 0 aromatic carbocycles. The van der Waals surface area contributed by atoms with E-state index in [0.717, 1.165) is 32.0 Å². The predicted molar refractivity (Wildman–Crippen MR) is 79.9 cm³/mol. The summed E-state index contributed by atoms with van der Waals surface area (Å²) in [6.45, 7) is 1.54. The van der Waals surface area contributed by atoms with Gasteiger partial charge in [0.15, 0.2) is 5.82 Å². The molecule has 1 aliphatic rings. The fourth-order valence-corrected chi connectivity index (χ4v) is 2.61. The van der Waals surface area contributed by atoms with Crippen LogP contribution in [0.3, 0.4) is 0 Å². The molecule has 0 atom stereocenters. The molecular formula is C14H23N5O2. The van der Waals surface area contributed by atoms with Crippen LogP contribution in [0.4, 0.5) is 0 Å². The summed E-state index contributed by atoms with van der Waals surface area (Å²) in [5.41, 5.74) is 0. The third-order valence-corrected chi connectivity index (χ3v) is 3.67. The molecule has 1 aliphatic carbocycles. The van der Waals surface area contributed by atoms with E-state index >= 15 is 0 Å². The molecule has 1 heterocycles. The minimum Gasteiger partial charge on any atom is -0.367 e. The molecule has 0 saturated heterocycles. The van der Waals surface area contributed by atoms with Gasteiger partial charge in [0.1, 0.15) is 0 Å². The zero-order valence-electron chi connectivity index (χ0n) is 12.2. The van der Waals surface area contributed by atoms with Crippen molar-refractivity contribution in [2.75, 3.05) is 6.54 Å². The first kappa shape index (κ1) is 15.3. The Bertz CT molecular complexity index is 452. The number of rotatable bonds is 8. The van der Waals surface area contributed by atoms with Crippen LogP contribution >= 0.6 is 0 Å². The number of nitrogens with zero attached hydrogens (tertiary/aromatic N) is 3. The highest BCUT2D eigenvalue weighted by atomic mass is 16.6. The van der Waals surface area contributed by atoms with Crippen LogP contribution in [0.15, 0.2) is 30.7 Å². The number of nitrogens with one attached hydrogen (secondary N) is 2. The van der Waals surface area contributed by atoms with Crippen molar-refractivity contribution < 1.29 is 4.92 Å². The van der Waals surface area contributed by atoms with Gasteiger partial charge < -0.3 is 15.2 Å². The summed E-state index contributed by atoms with van der Waals surface area (Å²) in [4.78, 5) is 14.3. The van der Waals surface area contributed by atoms with Gasteiger partial charge in [-0.15, -0.1) is 0 Å². The van der Waals surface area contributed by atoms with E-state index in [0.29, 0.717) is 18.4 Å². The summed E-state index contributed by atoms with van der Waals surface area (Å²) in [7, 11) is 0. The number of hydrogen-bond donors (Lipinski definition) is 2. The van der Waals surface area contributed by atoms with Gasteiger partial charge in [-0.3, -0.25) is 10.1 Å². The molecule has 0 amide bonds. The van der Waals surface area contributed by atoms with Gasteiger partial charge in [0, 0.05) is 31.5 Å². The van der Waals surface area contributed by atoms with Crippen LogP contribution < -0.4 is 10.6 Å². The van der Waals surface area contributed by atoms with Crippen LogP contribution in [-0.2, 0) is 6.54 Å².